The van der Waals surface area contributed by atoms with Crippen molar-refractivity contribution in [2.45, 2.75) is 64.1 Å². The van der Waals surface area contributed by atoms with Crippen LogP contribution in [0.15, 0.2) is 42.6 Å². The molecule has 2 unspecified atom stereocenters. The minimum Gasteiger partial charge on any atom is -0.444 e. The lowest BCUT2D eigenvalue weighted by atomic mass is 9.90. The van der Waals surface area contributed by atoms with Gasteiger partial charge in [0.2, 0.25) is 0 Å². The lowest BCUT2D eigenvalue weighted by Crippen LogP contribution is -2.41. The van der Waals surface area contributed by atoms with Gasteiger partial charge in [0.25, 0.3) is 5.91 Å². The third-order valence-electron chi connectivity index (χ3n) is 5.81. The average Bonchev–Trinajstić information content (AvgIpc) is 3.16. The van der Waals surface area contributed by atoms with Crippen molar-refractivity contribution in [2.24, 2.45) is 0 Å². The van der Waals surface area contributed by atoms with Gasteiger partial charge in [-0.15, -0.1) is 0 Å². The van der Waals surface area contributed by atoms with Crippen LogP contribution in [-0.4, -0.2) is 45.2 Å². The van der Waals surface area contributed by atoms with Crippen LogP contribution in [0.3, 0.4) is 0 Å². The molecule has 1 saturated carbocycles. The Bertz CT molecular complexity index is 1150. The van der Waals surface area contributed by atoms with Crippen LogP contribution in [0, 0.1) is 0 Å². The number of carbonyl (C=O) groups excluding carboxylic acids is 2. The van der Waals surface area contributed by atoms with Gasteiger partial charge in [0.1, 0.15) is 11.3 Å². The van der Waals surface area contributed by atoms with Crippen molar-refractivity contribution in [2.75, 3.05) is 7.05 Å². The number of imidazole rings is 1. The van der Waals surface area contributed by atoms with Gasteiger partial charge >= 0.3 is 6.09 Å². The zero-order chi connectivity index (χ0) is 23.6. The Kier molecular flexibility index (Phi) is 6.35. The van der Waals surface area contributed by atoms with Crippen molar-refractivity contribution < 1.29 is 14.3 Å². The van der Waals surface area contributed by atoms with Gasteiger partial charge in [0.05, 0.1) is 11.0 Å². The molecule has 33 heavy (non-hydrogen) atoms. The van der Waals surface area contributed by atoms with E-state index in [2.05, 4.69) is 20.2 Å². The van der Waals surface area contributed by atoms with Crippen LogP contribution >= 0.6 is 0 Å². The molecule has 0 spiro atoms. The number of hydrogen-bond acceptors (Lipinski definition) is 5. The molecule has 1 aliphatic rings. The molecule has 2 heterocycles. The quantitative estimate of drug-likeness (QED) is 0.613. The van der Waals surface area contributed by atoms with Gasteiger partial charge in [-0.25, -0.2) is 9.78 Å². The predicted octanol–water partition coefficient (Wildman–Crippen LogP) is 4.47. The lowest BCUT2D eigenvalue weighted by Gasteiger charge is -2.32. The second kappa shape index (κ2) is 9.21. The average molecular weight is 450 g/mol. The molecule has 0 saturated heterocycles. The number of pyridine rings is 1. The van der Waals surface area contributed by atoms with Crippen LogP contribution in [0.5, 0.6) is 0 Å². The summed E-state index contributed by atoms with van der Waals surface area (Å²) in [6.07, 6.45) is 4.98. The Hall–Kier alpha value is -3.42. The summed E-state index contributed by atoms with van der Waals surface area (Å²) in [6, 6.07) is 11.5. The normalized spacial score (nSPS) is 18.7. The second-order valence-corrected chi connectivity index (χ2v) is 9.47. The summed E-state index contributed by atoms with van der Waals surface area (Å²) in [5, 5.41) is 5.71. The number of alkyl carbamates (subject to hydrolysis) is 1. The molecule has 8 heteroatoms. The number of carbonyl (C=O) groups is 2. The fourth-order valence-corrected chi connectivity index (χ4v) is 4.43. The molecule has 1 aliphatic carbocycles. The number of aromatic nitrogens is 3. The van der Waals surface area contributed by atoms with Crippen molar-refractivity contribution in [1.82, 2.24) is 25.2 Å². The van der Waals surface area contributed by atoms with Crippen molar-refractivity contribution in [1.29, 1.82) is 0 Å². The van der Waals surface area contributed by atoms with Gasteiger partial charge in [-0.3, -0.25) is 9.78 Å². The molecule has 4 rings (SSSR count). The Labute approximate surface area is 193 Å². The molecule has 0 aliphatic heterocycles. The highest BCUT2D eigenvalue weighted by Crippen LogP contribution is 2.36. The van der Waals surface area contributed by atoms with Gasteiger partial charge < -0.3 is 19.9 Å². The molecule has 2 amide bonds. The van der Waals surface area contributed by atoms with Gasteiger partial charge in [-0.05, 0) is 76.8 Å². The highest BCUT2D eigenvalue weighted by molar-refractivity contribution is 5.97. The van der Waals surface area contributed by atoms with Gasteiger partial charge in [-0.2, -0.15) is 0 Å². The summed E-state index contributed by atoms with van der Waals surface area (Å²) in [4.78, 5) is 33.9. The summed E-state index contributed by atoms with van der Waals surface area (Å²) >= 11 is 0. The summed E-state index contributed by atoms with van der Waals surface area (Å²) in [5.41, 5.74) is 2.51. The smallest absolute Gasteiger partial charge is 0.407 e. The molecule has 2 atom stereocenters. The molecular weight excluding hydrogens is 418 g/mol. The van der Waals surface area contributed by atoms with E-state index >= 15 is 0 Å². The Morgan fingerprint density at radius 2 is 1.97 bits per heavy atom. The largest absolute Gasteiger partial charge is 0.444 e. The number of nitrogens with one attached hydrogen (secondary N) is 2. The highest BCUT2D eigenvalue weighted by atomic mass is 16.6. The molecule has 1 aromatic carbocycles. The fourth-order valence-electron chi connectivity index (χ4n) is 4.43. The number of benzene rings is 1. The molecule has 8 nitrogen and oxygen atoms in total. The third-order valence-corrected chi connectivity index (χ3v) is 5.81. The molecule has 0 radical (unpaired) electrons. The van der Waals surface area contributed by atoms with E-state index in [0.29, 0.717) is 5.56 Å². The van der Waals surface area contributed by atoms with Crippen molar-refractivity contribution in [3.63, 3.8) is 0 Å². The number of hydrogen-bond donors (Lipinski definition) is 2. The van der Waals surface area contributed by atoms with Crippen molar-refractivity contribution in [3.8, 4) is 11.5 Å². The van der Waals surface area contributed by atoms with E-state index < -0.39 is 5.60 Å². The van der Waals surface area contributed by atoms with Crippen LogP contribution in [-0.2, 0) is 4.74 Å². The van der Waals surface area contributed by atoms with Crippen LogP contribution in [0.25, 0.3) is 22.6 Å². The number of fused-ring (bicyclic) bond motifs is 1. The molecule has 2 N–H and O–H groups in total. The minimum absolute atomic E-state index is 0.0118. The maximum Gasteiger partial charge on any atom is 0.407 e. The van der Waals surface area contributed by atoms with Crippen LogP contribution in [0.2, 0.25) is 0 Å². The zero-order valence-electron chi connectivity index (χ0n) is 19.6. The topological polar surface area (TPSA) is 98.1 Å². The number of amides is 2. The third kappa shape index (κ3) is 5.16. The number of ether oxygens (including phenoxy) is 1. The van der Waals surface area contributed by atoms with E-state index in [1.807, 2.05) is 57.2 Å². The minimum atomic E-state index is -0.534. The van der Waals surface area contributed by atoms with Crippen LogP contribution in [0.1, 0.15) is 62.9 Å². The van der Waals surface area contributed by atoms with E-state index in [0.717, 1.165) is 48.2 Å². The molecule has 3 aromatic rings. The first-order valence-electron chi connectivity index (χ1n) is 11.4. The Morgan fingerprint density at radius 1 is 1.15 bits per heavy atom. The summed E-state index contributed by atoms with van der Waals surface area (Å²) in [5.74, 6) is 0.618. The standard InChI is InChI=1S/C25H31N5O3/c1-25(2,3)33-24(32)28-17-8-7-9-18(15-17)30-21-12-11-16(23(31)26-4)14-20(21)29-22(30)19-10-5-6-13-27-19/h5-6,10-14,17-18H,7-9,15H2,1-4H3,(H,26,31)(H,28,32). The van der Waals surface area contributed by atoms with Gasteiger partial charge in [0.15, 0.2) is 5.82 Å². The number of nitrogens with zero attached hydrogens (tertiary/aromatic N) is 3. The first-order chi connectivity index (χ1) is 15.7. The predicted molar refractivity (Wildman–Crippen MR) is 127 cm³/mol. The second-order valence-electron chi connectivity index (χ2n) is 9.47. The first kappa shape index (κ1) is 22.8. The van der Waals surface area contributed by atoms with E-state index in [4.69, 9.17) is 9.72 Å². The van der Waals surface area contributed by atoms with Crippen molar-refractivity contribution >= 4 is 23.0 Å². The van der Waals surface area contributed by atoms with E-state index in [9.17, 15) is 9.59 Å². The number of rotatable bonds is 4. The molecule has 0 bridgehead atoms. The van der Waals surface area contributed by atoms with Crippen molar-refractivity contribution in [3.05, 3.63) is 48.2 Å². The van der Waals surface area contributed by atoms with E-state index in [-0.39, 0.29) is 24.1 Å². The maximum atomic E-state index is 12.4. The molecule has 1 fully saturated rings. The van der Waals surface area contributed by atoms with E-state index in [1.165, 1.54) is 0 Å². The van der Waals surface area contributed by atoms with Crippen LogP contribution in [0.4, 0.5) is 4.79 Å². The van der Waals surface area contributed by atoms with Gasteiger partial charge in [-0.1, -0.05) is 6.07 Å². The van der Waals surface area contributed by atoms with Gasteiger partial charge in [0, 0.05) is 30.9 Å². The fraction of sp³-hybridized carbons (Fsp3) is 0.440. The Balaban J connectivity index is 1.69. The van der Waals surface area contributed by atoms with E-state index in [1.54, 1.807) is 13.2 Å². The lowest BCUT2D eigenvalue weighted by molar-refractivity contribution is 0.0486. The summed E-state index contributed by atoms with van der Waals surface area (Å²) in [7, 11) is 1.62. The Morgan fingerprint density at radius 3 is 2.67 bits per heavy atom. The van der Waals surface area contributed by atoms with Crippen LogP contribution < -0.4 is 10.6 Å². The highest BCUT2D eigenvalue weighted by Gasteiger charge is 2.29. The SMILES string of the molecule is CNC(=O)c1ccc2c(c1)nc(-c1ccccn1)n2C1CCCC(NC(=O)OC(C)(C)C)C1. The summed E-state index contributed by atoms with van der Waals surface area (Å²) in [6.45, 7) is 5.58. The summed E-state index contributed by atoms with van der Waals surface area (Å²) < 4.78 is 7.68. The molecule has 2 aromatic heterocycles. The monoisotopic (exact) mass is 449 g/mol. The molecule has 174 valence electrons. The first-order valence-corrected chi connectivity index (χ1v) is 11.4. The maximum absolute atomic E-state index is 12.4. The zero-order valence-corrected chi connectivity index (χ0v) is 19.6. The molecular formula is C25H31N5O3.